The number of ether oxygens (including phenoxy) is 2. The van der Waals surface area contributed by atoms with Gasteiger partial charge in [0.25, 0.3) is 0 Å². The summed E-state index contributed by atoms with van der Waals surface area (Å²) in [5, 5.41) is 3.39. The van der Waals surface area contributed by atoms with Crippen LogP contribution in [0.2, 0.25) is 0 Å². The van der Waals surface area contributed by atoms with Gasteiger partial charge in [-0.15, -0.1) is 0 Å². The summed E-state index contributed by atoms with van der Waals surface area (Å²) >= 11 is 0. The zero-order chi connectivity index (χ0) is 12.1. The third-order valence-electron chi connectivity index (χ3n) is 2.36. The minimum atomic E-state index is 0.691. The molecule has 0 aromatic rings. The van der Waals surface area contributed by atoms with Gasteiger partial charge in [0.2, 0.25) is 0 Å². The maximum absolute atomic E-state index is 5.40. The lowest BCUT2D eigenvalue weighted by Gasteiger charge is -2.16. The fourth-order valence-corrected chi connectivity index (χ4v) is 1.36. The zero-order valence-electron chi connectivity index (χ0n) is 11.1. The van der Waals surface area contributed by atoms with E-state index in [1.165, 1.54) is 6.42 Å². The Bertz CT molecular complexity index is 134. The van der Waals surface area contributed by atoms with Crippen LogP contribution in [-0.4, -0.2) is 65.1 Å². The van der Waals surface area contributed by atoms with E-state index >= 15 is 0 Å². The summed E-state index contributed by atoms with van der Waals surface area (Å²) in [6.07, 6.45) is 2.30. The number of rotatable bonds is 12. The van der Waals surface area contributed by atoms with Gasteiger partial charge < -0.3 is 19.7 Å². The molecule has 0 heterocycles. The fraction of sp³-hybridized carbons (Fsp3) is 1.00. The molecule has 0 aromatic carbocycles. The topological polar surface area (TPSA) is 33.7 Å². The van der Waals surface area contributed by atoms with Crippen LogP contribution in [0.15, 0.2) is 0 Å². The van der Waals surface area contributed by atoms with Gasteiger partial charge in [-0.1, -0.05) is 6.92 Å². The SMILES string of the molecule is CCCNCCN(C)CCCOCCOC. The molecular formula is C12H28N2O2. The van der Waals surface area contributed by atoms with E-state index < -0.39 is 0 Å². The first-order valence-electron chi connectivity index (χ1n) is 6.27. The van der Waals surface area contributed by atoms with Crippen molar-refractivity contribution in [3.8, 4) is 0 Å². The number of likely N-dealkylation sites (N-methyl/N-ethyl adjacent to an activating group) is 1. The van der Waals surface area contributed by atoms with E-state index in [1.807, 2.05) is 0 Å². The van der Waals surface area contributed by atoms with Gasteiger partial charge in [0, 0.05) is 33.4 Å². The van der Waals surface area contributed by atoms with Crippen LogP contribution in [0.4, 0.5) is 0 Å². The van der Waals surface area contributed by atoms with Crippen molar-refractivity contribution in [2.45, 2.75) is 19.8 Å². The first kappa shape index (κ1) is 15.8. The zero-order valence-corrected chi connectivity index (χ0v) is 11.1. The predicted molar refractivity (Wildman–Crippen MR) is 68.0 cm³/mol. The first-order valence-corrected chi connectivity index (χ1v) is 6.27. The van der Waals surface area contributed by atoms with Crippen molar-refractivity contribution in [1.29, 1.82) is 0 Å². The van der Waals surface area contributed by atoms with Crippen molar-refractivity contribution >= 4 is 0 Å². The van der Waals surface area contributed by atoms with Crippen LogP contribution >= 0.6 is 0 Å². The number of nitrogens with one attached hydrogen (secondary N) is 1. The molecule has 0 radical (unpaired) electrons. The molecule has 0 aliphatic rings. The minimum Gasteiger partial charge on any atom is -0.382 e. The van der Waals surface area contributed by atoms with Gasteiger partial charge in [-0.2, -0.15) is 0 Å². The van der Waals surface area contributed by atoms with Gasteiger partial charge in [-0.05, 0) is 26.4 Å². The molecule has 16 heavy (non-hydrogen) atoms. The second-order valence-electron chi connectivity index (χ2n) is 4.01. The van der Waals surface area contributed by atoms with Gasteiger partial charge >= 0.3 is 0 Å². The Kier molecular flexibility index (Phi) is 12.8. The van der Waals surface area contributed by atoms with Crippen LogP contribution in [0.1, 0.15) is 19.8 Å². The maximum Gasteiger partial charge on any atom is 0.0700 e. The molecular weight excluding hydrogens is 204 g/mol. The van der Waals surface area contributed by atoms with E-state index in [4.69, 9.17) is 9.47 Å². The van der Waals surface area contributed by atoms with Gasteiger partial charge in [-0.3, -0.25) is 0 Å². The van der Waals surface area contributed by atoms with Crippen LogP contribution < -0.4 is 5.32 Å². The van der Waals surface area contributed by atoms with Crippen molar-refractivity contribution in [3.63, 3.8) is 0 Å². The van der Waals surface area contributed by atoms with Crippen molar-refractivity contribution in [3.05, 3.63) is 0 Å². The number of hydrogen-bond donors (Lipinski definition) is 1. The van der Waals surface area contributed by atoms with E-state index in [0.717, 1.165) is 39.2 Å². The molecule has 0 saturated carbocycles. The third-order valence-corrected chi connectivity index (χ3v) is 2.36. The normalized spacial score (nSPS) is 11.2. The lowest BCUT2D eigenvalue weighted by Crippen LogP contribution is -2.30. The van der Waals surface area contributed by atoms with E-state index in [0.29, 0.717) is 13.2 Å². The summed E-state index contributed by atoms with van der Waals surface area (Å²) in [6, 6.07) is 0. The van der Waals surface area contributed by atoms with Crippen molar-refractivity contribution in [2.24, 2.45) is 0 Å². The van der Waals surface area contributed by atoms with Gasteiger partial charge in [-0.25, -0.2) is 0 Å². The Morgan fingerprint density at radius 1 is 1.06 bits per heavy atom. The summed E-state index contributed by atoms with van der Waals surface area (Å²) < 4.78 is 10.3. The predicted octanol–water partition coefficient (Wildman–Crippen LogP) is 0.971. The molecule has 4 nitrogen and oxygen atoms in total. The molecule has 0 atom stereocenters. The van der Waals surface area contributed by atoms with Crippen molar-refractivity contribution < 1.29 is 9.47 Å². The highest BCUT2D eigenvalue weighted by molar-refractivity contribution is 4.54. The minimum absolute atomic E-state index is 0.691. The maximum atomic E-state index is 5.40. The number of methoxy groups -OCH3 is 1. The molecule has 0 aromatic heterocycles. The molecule has 98 valence electrons. The average molecular weight is 232 g/mol. The summed E-state index contributed by atoms with van der Waals surface area (Å²) in [5.41, 5.74) is 0. The van der Waals surface area contributed by atoms with Crippen LogP contribution in [0.5, 0.6) is 0 Å². The molecule has 0 saturated heterocycles. The number of nitrogens with zero attached hydrogens (tertiary/aromatic N) is 1. The van der Waals surface area contributed by atoms with E-state index in [9.17, 15) is 0 Å². The quantitative estimate of drug-likeness (QED) is 0.508. The summed E-state index contributed by atoms with van der Waals surface area (Å²) in [7, 11) is 3.85. The van der Waals surface area contributed by atoms with Gasteiger partial charge in [0.15, 0.2) is 0 Å². The lowest BCUT2D eigenvalue weighted by molar-refractivity contribution is 0.0663. The highest BCUT2D eigenvalue weighted by Crippen LogP contribution is 1.88. The van der Waals surface area contributed by atoms with E-state index in [1.54, 1.807) is 7.11 Å². The van der Waals surface area contributed by atoms with E-state index in [-0.39, 0.29) is 0 Å². The van der Waals surface area contributed by atoms with E-state index in [2.05, 4.69) is 24.2 Å². The molecule has 0 rings (SSSR count). The smallest absolute Gasteiger partial charge is 0.0700 e. The fourth-order valence-electron chi connectivity index (χ4n) is 1.36. The highest BCUT2D eigenvalue weighted by Gasteiger charge is 1.97. The molecule has 0 spiro atoms. The molecule has 0 fully saturated rings. The summed E-state index contributed by atoms with van der Waals surface area (Å²) in [4.78, 5) is 2.34. The molecule has 0 bridgehead atoms. The molecule has 0 unspecified atom stereocenters. The molecule has 1 N–H and O–H groups in total. The Balaban J connectivity index is 3.08. The second kappa shape index (κ2) is 12.9. The highest BCUT2D eigenvalue weighted by atomic mass is 16.5. The first-order chi connectivity index (χ1) is 7.81. The molecule has 0 amide bonds. The Morgan fingerprint density at radius 2 is 1.88 bits per heavy atom. The van der Waals surface area contributed by atoms with Crippen LogP contribution in [0, 0.1) is 0 Å². The lowest BCUT2D eigenvalue weighted by atomic mass is 10.4. The van der Waals surface area contributed by atoms with Gasteiger partial charge in [0.05, 0.1) is 13.2 Å². The Morgan fingerprint density at radius 3 is 2.56 bits per heavy atom. The number of hydrogen-bond acceptors (Lipinski definition) is 4. The molecule has 4 heteroatoms. The van der Waals surface area contributed by atoms with Crippen LogP contribution in [0.3, 0.4) is 0 Å². The summed E-state index contributed by atoms with van der Waals surface area (Å²) in [6.45, 7) is 8.82. The monoisotopic (exact) mass is 232 g/mol. The van der Waals surface area contributed by atoms with Crippen molar-refractivity contribution in [1.82, 2.24) is 10.2 Å². The largest absolute Gasteiger partial charge is 0.382 e. The summed E-state index contributed by atoms with van der Waals surface area (Å²) in [5.74, 6) is 0. The van der Waals surface area contributed by atoms with Crippen molar-refractivity contribution in [2.75, 3.05) is 60.2 Å². The van der Waals surface area contributed by atoms with Crippen LogP contribution in [0.25, 0.3) is 0 Å². The molecule has 0 aliphatic heterocycles. The standard InChI is InChI=1S/C12H28N2O2/c1-4-6-13-7-9-14(2)8-5-10-16-12-11-15-3/h13H,4-12H2,1-3H3. The Hall–Kier alpha value is -0.160. The average Bonchev–Trinajstić information content (AvgIpc) is 2.29. The third kappa shape index (κ3) is 11.9. The second-order valence-corrected chi connectivity index (χ2v) is 4.01. The van der Waals surface area contributed by atoms with Crippen LogP contribution in [-0.2, 0) is 9.47 Å². The molecule has 0 aliphatic carbocycles. The van der Waals surface area contributed by atoms with Gasteiger partial charge in [0.1, 0.15) is 0 Å². The Labute approximate surface area is 100 Å².